The molecule has 2 amide bonds. The lowest BCUT2D eigenvalue weighted by Gasteiger charge is -2.26. The summed E-state index contributed by atoms with van der Waals surface area (Å²) >= 11 is 0. The average Bonchev–Trinajstić information content (AvgIpc) is 2.76. The highest BCUT2D eigenvalue weighted by atomic mass is 19.3. The molecule has 0 spiro atoms. The van der Waals surface area contributed by atoms with E-state index < -0.39 is 60.2 Å². The molecular formula is C23H24F7N3O4. The van der Waals surface area contributed by atoms with E-state index in [4.69, 9.17) is 0 Å². The number of pyridine rings is 1. The Hall–Kier alpha value is -3.58. The van der Waals surface area contributed by atoms with Crippen molar-refractivity contribution in [2.45, 2.75) is 64.3 Å². The zero-order chi connectivity index (χ0) is 28.1. The van der Waals surface area contributed by atoms with Gasteiger partial charge in [0.1, 0.15) is 17.6 Å². The second kappa shape index (κ2) is 11.6. The summed E-state index contributed by atoms with van der Waals surface area (Å²) in [6.45, 7) is 5.21. The van der Waals surface area contributed by atoms with Crippen LogP contribution in [-0.2, 0) is 9.53 Å². The number of hydrogen-bond acceptors (Lipinski definition) is 5. The van der Waals surface area contributed by atoms with Gasteiger partial charge >= 0.3 is 30.5 Å². The quantitative estimate of drug-likeness (QED) is 0.323. The maximum Gasteiger partial charge on any atom is 0.461 e. The van der Waals surface area contributed by atoms with Crippen LogP contribution in [-0.4, -0.2) is 47.6 Å². The van der Waals surface area contributed by atoms with Crippen molar-refractivity contribution < 1.29 is 49.8 Å². The number of carbonyl (C=O) groups excluding carboxylic acids is 2. The van der Waals surface area contributed by atoms with Crippen LogP contribution in [0.2, 0.25) is 0 Å². The number of nitrogens with one attached hydrogen (secondary N) is 2. The van der Waals surface area contributed by atoms with Crippen molar-refractivity contribution in [1.82, 2.24) is 15.6 Å². The fourth-order valence-corrected chi connectivity index (χ4v) is 2.92. The smallest absolute Gasteiger partial charge is 0.458 e. The predicted octanol–water partition coefficient (Wildman–Crippen LogP) is 5.13. The number of aromatic nitrogens is 1. The Morgan fingerprint density at radius 1 is 1.00 bits per heavy atom. The van der Waals surface area contributed by atoms with E-state index in [9.17, 15) is 40.3 Å². The number of rotatable bonds is 10. The summed E-state index contributed by atoms with van der Waals surface area (Å²) in [4.78, 5) is 28.3. The van der Waals surface area contributed by atoms with Crippen LogP contribution in [0.1, 0.15) is 43.6 Å². The van der Waals surface area contributed by atoms with Crippen molar-refractivity contribution in [2.24, 2.45) is 0 Å². The van der Waals surface area contributed by atoms with Crippen molar-refractivity contribution in [1.29, 1.82) is 0 Å². The van der Waals surface area contributed by atoms with Gasteiger partial charge in [-0.25, -0.2) is 14.0 Å². The van der Waals surface area contributed by atoms with E-state index in [1.54, 1.807) is 6.92 Å². The SMILES string of the molecule is Cc1ccc([C@@H](NC(=O)NC(C)C(F)(F)C(=O)OC(C)C)c2cc(F)cc(OC(F)(F)C(F)F)c2)nc1. The number of alkyl halides is 6. The lowest BCUT2D eigenvalue weighted by atomic mass is 10.0. The number of nitrogens with zero attached hydrogens (tertiary/aromatic N) is 1. The van der Waals surface area contributed by atoms with E-state index in [0.717, 1.165) is 19.1 Å². The molecule has 2 atom stereocenters. The van der Waals surface area contributed by atoms with Gasteiger partial charge in [0.25, 0.3) is 0 Å². The van der Waals surface area contributed by atoms with Gasteiger partial charge in [0, 0.05) is 12.3 Å². The lowest BCUT2D eigenvalue weighted by molar-refractivity contribution is -0.253. The number of hydrogen-bond donors (Lipinski definition) is 2. The summed E-state index contributed by atoms with van der Waals surface area (Å²) in [5.74, 6) is -8.18. The molecule has 0 saturated heterocycles. The summed E-state index contributed by atoms with van der Waals surface area (Å²) in [5, 5.41) is 4.10. The first-order chi connectivity index (χ1) is 17.0. The molecule has 0 bridgehead atoms. The first-order valence-electron chi connectivity index (χ1n) is 10.8. The van der Waals surface area contributed by atoms with E-state index in [-0.39, 0.29) is 11.3 Å². The summed E-state index contributed by atoms with van der Waals surface area (Å²) in [6.07, 6.45) is -8.66. The molecule has 0 radical (unpaired) electrons. The van der Waals surface area contributed by atoms with E-state index >= 15 is 0 Å². The Kier molecular flexibility index (Phi) is 9.33. The van der Waals surface area contributed by atoms with Crippen molar-refractivity contribution in [3.63, 3.8) is 0 Å². The summed E-state index contributed by atoms with van der Waals surface area (Å²) < 4.78 is 103. The molecule has 204 valence electrons. The Morgan fingerprint density at radius 2 is 1.65 bits per heavy atom. The van der Waals surface area contributed by atoms with E-state index in [1.807, 2.05) is 5.32 Å². The minimum absolute atomic E-state index is 0.0107. The van der Waals surface area contributed by atoms with Gasteiger partial charge < -0.3 is 20.1 Å². The van der Waals surface area contributed by atoms with Gasteiger partial charge in [-0.3, -0.25) is 4.98 Å². The molecule has 0 aliphatic heterocycles. The number of amides is 2. The summed E-state index contributed by atoms with van der Waals surface area (Å²) in [7, 11) is 0. The number of benzene rings is 1. The van der Waals surface area contributed by atoms with Crippen LogP contribution < -0.4 is 15.4 Å². The van der Waals surface area contributed by atoms with Gasteiger partial charge in [-0.15, -0.1) is 0 Å². The molecule has 1 aromatic heterocycles. The average molecular weight is 539 g/mol. The number of carbonyl (C=O) groups is 2. The van der Waals surface area contributed by atoms with Crippen LogP contribution in [0.5, 0.6) is 5.75 Å². The molecule has 1 unspecified atom stereocenters. The third kappa shape index (κ3) is 7.95. The molecule has 37 heavy (non-hydrogen) atoms. The van der Waals surface area contributed by atoms with Gasteiger partial charge in [-0.05, 0) is 57.0 Å². The molecule has 1 aromatic carbocycles. The number of urea groups is 1. The molecule has 1 heterocycles. The van der Waals surface area contributed by atoms with Crippen molar-refractivity contribution in [3.05, 3.63) is 59.2 Å². The zero-order valence-corrected chi connectivity index (χ0v) is 20.0. The second-order valence-corrected chi connectivity index (χ2v) is 8.29. The molecule has 0 aliphatic carbocycles. The minimum atomic E-state index is -4.95. The maximum absolute atomic E-state index is 14.4. The number of esters is 1. The van der Waals surface area contributed by atoms with Crippen LogP contribution in [0.25, 0.3) is 0 Å². The second-order valence-electron chi connectivity index (χ2n) is 8.29. The van der Waals surface area contributed by atoms with Crippen LogP contribution >= 0.6 is 0 Å². The van der Waals surface area contributed by atoms with Crippen molar-refractivity contribution in [2.75, 3.05) is 0 Å². The molecule has 0 saturated carbocycles. The molecule has 2 aromatic rings. The normalized spacial score (nSPS) is 13.8. The zero-order valence-electron chi connectivity index (χ0n) is 20.0. The van der Waals surface area contributed by atoms with Crippen molar-refractivity contribution >= 4 is 12.0 Å². The van der Waals surface area contributed by atoms with Gasteiger partial charge in [0.05, 0.1) is 17.8 Å². The fourth-order valence-electron chi connectivity index (χ4n) is 2.92. The molecule has 0 fully saturated rings. The molecule has 7 nitrogen and oxygen atoms in total. The van der Waals surface area contributed by atoms with Gasteiger partial charge in [0.15, 0.2) is 0 Å². The third-order valence-corrected chi connectivity index (χ3v) is 4.75. The highest BCUT2D eigenvalue weighted by Crippen LogP contribution is 2.31. The molecule has 2 N–H and O–H groups in total. The predicted molar refractivity (Wildman–Crippen MR) is 116 cm³/mol. The first kappa shape index (κ1) is 29.6. The minimum Gasteiger partial charge on any atom is -0.458 e. The monoisotopic (exact) mass is 539 g/mol. The Bertz CT molecular complexity index is 1100. The highest BCUT2D eigenvalue weighted by molar-refractivity contribution is 5.81. The third-order valence-electron chi connectivity index (χ3n) is 4.75. The number of aryl methyl sites for hydroxylation is 1. The molecular weight excluding hydrogens is 515 g/mol. The Balaban J connectivity index is 2.37. The Morgan fingerprint density at radius 3 is 2.19 bits per heavy atom. The van der Waals surface area contributed by atoms with E-state index in [1.165, 1.54) is 32.2 Å². The lowest BCUT2D eigenvalue weighted by Crippen LogP contribution is -2.54. The fraction of sp³-hybridized carbons (Fsp3) is 0.435. The topological polar surface area (TPSA) is 89.6 Å². The molecule has 14 heteroatoms. The van der Waals surface area contributed by atoms with Crippen LogP contribution in [0.15, 0.2) is 36.5 Å². The molecule has 2 rings (SSSR count). The number of ether oxygens (including phenoxy) is 2. The van der Waals surface area contributed by atoms with Crippen LogP contribution in [0.4, 0.5) is 35.5 Å². The maximum atomic E-state index is 14.4. The van der Waals surface area contributed by atoms with E-state index in [2.05, 4.69) is 19.8 Å². The van der Waals surface area contributed by atoms with Crippen LogP contribution in [0, 0.1) is 12.7 Å². The van der Waals surface area contributed by atoms with Gasteiger partial charge in [-0.1, -0.05) is 6.07 Å². The van der Waals surface area contributed by atoms with Gasteiger partial charge in [-0.2, -0.15) is 26.3 Å². The Labute approximate surface area is 207 Å². The van der Waals surface area contributed by atoms with Gasteiger partial charge in [0.2, 0.25) is 0 Å². The number of halogens is 7. The summed E-state index contributed by atoms with van der Waals surface area (Å²) in [5.41, 5.74) is 0.394. The van der Waals surface area contributed by atoms with E-state index in [0.29, 0.717) is 11.6 Å². The standard InChI is InChI=1S/C23H24F7N3O4/c1-11(2)36-20(34)22(27,28)13(4)32-21(35)33-18(17-6-5-12(3)10-31-17)14-7-15(24)9-16(8-14)37-23(29,30)19(25)26/h5-11,13,18-19H,1-4H3,(H2,32,33,35)/t13?,18-/m0/s1. The summed E-state index contributed by atoms with van der Waals surface area (Å²) in [6, 6.07) is 0.0714. The van der Waals surface area contributed by atoms with Crippen LogP contribution in [0.3, 0.4) is 0 Å². The van der Waals surface area contributed by atoms with Crippen molar-refractivity contribution in [3.8, 4) is 5.75 Å². The first-order valence-corrected chi connectivity index (χ1v) is 10.8. The highest BCUT2D eigenvalue weighted by Gasteiger charge is 2.48. The molecule has 0 aliphatic rings. The largest absolute Gasteiger partial charge is 0.461 e.